The van der Waals surface area contributed by atoms with Crippen molar-refractivity contribution in [1.82, 2.24) is 0 Å². The first-order chi connectivity index (χ1) is 20.3. The zero-order chi connectivity index (χ0) is 29.6. The van der Waals surface area contributed by atoms with Gasteiger partial charge in [-0.05, 0) is 124 Å². The van der Waals surface area contributed by atoms with Crippen LogP contribution in [0.15, 0.2) is 48.5 Å². The lowest BCUT2D eigenvalue weighted by Gasteiger charge is -2.15. The Morgan fingerprint density at radius 1 is 0.667 bits per heavy atom. The molecule has 0 aromatic heterocycles. The molecule has 3 aromatic carbocycles. The first-order valence-corrected chi connectivity index (χ1v) is 14.5. The minimum atomic E-state index is -0.462. The molecule has 8 nitrogen and oxygen atoms in total. The number of epoxide rings is 2. The third kappa shape index (κ3) is 7.89. The molecule has 0 spiro atoms. The Labute approximate surface area is 246 Å². The van der Waals surface area contributed by atoms with Gasteiger partial charge >= 0.3 is 11.9 Å². The fourth-order valence-electron chi connectivity index (χ4n) is 4.68. The summed E-state index contributed by atoms with van der Waals surface area (Å²) in [6.07, 6.45) is 4.64. The maximum atomic E-state index is 13.0. The van der Waals surface area contributed by atoms with Crippen LogP contribution >= 0.6 is 0 Å². The second kappa shape index (κ2) is 13.4. The van der Waals surface area contributed by atoms with Crippen LogP contribution in [0.4, 0.5) is 0 Å². The van der Waals surface area contributed by atoms with Gasteiger partial charge in [-0.1, -0.05) is 0 Å². The van der Waals surface area contributed by atoms with Gasteiger partial charge < -0.3 is 28.4 Å². The molecule has 0 radical (unpaired) electrons. The Morgan fingerprint density at radius 2 is 1.07 bits per heavy atom. The van der Waals surface area contributed by atoms with Crippen LogP contribution in [0.5, 0.6) is 23.0 Å². The Hall–Kier alpha value is -3.88. The van der Waals surface area contributed by atoms with Gasteiger partial charge in [0, 0.05) is 0 Å². The summed E-state index contributed by atoms with van der Waals surface area (Å²) in [5.74, 6) is 1.33. The van der Waals surface area contributed by atoms with E-state index in [1.165, 1.54) is 0 Å². The molecule has 0 amide bonds. The Balaban J connectivity index is 1.16. The predicted octanol–water partition coefficient (Wildman–Crippen LogP) is 6.47. The molecule has 2 heterocycles. The fourth-order valence-corrected chi connectivity index (χ4v) is 4.68. The number of ether oxygens (including phenoxy) is 6. The summed E-state index contributed by atoms with van der Waals surface area (Å²) >= 11 is 0. The zero-order valence-electron chi connectivity index (χ0n) is 24.7. The normalized spacial score (nSPS) is 17.0. The zero-order valence-corrected chi connectivity index (χ0v) is 24.7. The van der Waals surface area contributed by atoms with Crippen LogP contribution in [0.25, 0.3) is 0 Å². The van der Waals surface area contributed by atoms with Gasteiger partial charge in [-0.25, -0.2) is 9.59 Å². The topological polar surface area (TPSA) is 96.1 Å². The van der Waals surface area contributed by atoms with Crippen LogP contribution in [0.2, 0.25) is 0 Å². The average molecular weight is 575 g/mol. The van der Waals surface area contributed by atoms with E-state index in [0.717, 1.165) is 61.5 Å². The van der Waals surface area contributed by atoms with E-state index in [9.17, 15) is 9.59 Å². The first kappa shape index (κ1) is 29.6. The number of rotatable bonds is 14. The molecule has 0 N–H and O–H groups in total. The highest BCUT2D eigenvalue weighted by molar-refractivity contribution is 5.94. The highest BCUT2D eigenvalue weighted by Crippen LogP contribution is 2.31. The molecule has 0 aliphatic carbocycles. The van der Waals surface area contributed by atoms with E-state index in [2.05, 4.69) is 0 Å². The van der Waals surface area contributed by atoms with Crippen molar-refractivity contribution in [3.05, 3.63) is 81.9 Å². The molecule has 3 aromatic rings. The van der Waals surface area contributed by atoms with Gasteiger partial charge in [0.2, 0.25) is 0 Å². The molecular weight excluding hydrogens is 536 g/mol. The van der Waals surface area contributed by atoms with Crippen molar-refractivity contribution in [3.63, 3.8) is 0 Å². The van der Waals surface area contributed by atoms with Crippen LogP contribution in [0, 0.1) is 27.7 Å². The minimum Gasteiger partial charge on any atom is -0.494 e. The van der Waals surface area contributed by atoms with E-state index in [1.54, 1.807) is 36.4 Å². The Morgan fingerprint density at radius 3 is 1.43 bits per heavy atom. The van der Waals surface area contributed by atoms with E-state index in [4.69, 9.17) is 28.4 Å². The van der Waals surface area contributed by atoms with Crippen molar-refractivity contribution in [2.45, 2.75) is 65.6 Å². The summed E-state index contributed by atoms with van der Waals surface area (Å²) < 4.78 is 33.6. The van der Waals surface area contributed by atoms with Crippen molar-refractivity contribution in [1.29, 1.82) is 0 Å². The summed E-state index contributed by atoms with van der Waals surface area (Å²) in [6.45, 7) is 10.3. The molecule has 2 aliphatic heterocycles. The predicted molar refractivity (Wildman–Crippen MR) is 157 cm³/mol. The smallest absolute Gasteiger partial charge is 0.343 e. The van der Waals surface area contributed by atoms with Crippen molar-refractivity contribution in [2.75, 3.05) is 26.4 Å². The molecular formula is C34H38O8. The maximum absolute atomic E-state index is 13.0. The molecule has 5 rings (SSSR count). The number of esters is 2. The van der Waals surface area contributed by atoms with E-state index < -0.39 is 11.9 Å². The third-order valence-electron chi connectivity index (χ3n) is 7.61. The summed E-state index contributed by atoms with van der Waals surface area (Å²) in [5, 5.41) is 0. The molecule has 2 unspecified atom stereocenters. The van der Waals surface area contributed by atoms with Gasteiger partial charge in [0.15, 0.2) is 0 Å². The number of carbonyl (C=O) groups excluding carboxylic acids is 2. The molecule has 2 aliphatic rings. The molecule has 2 saturated heterocycles. The molecule has 8 heteroatoms. The molecule has 0 saturated carbocycles. The number of benzene rings is 3. The molecule has 0 bridgehead atoms. The average Bonchev–Trinajstić information content (AvgIpc) is 3.89. The van der Waals surface area contributed by atoms with Crippen LogP contribution in [-0.2, 0) is 9.47 Å². The fraction of sp³-hybridized carbons (Fsp3) is 0.412. The lowest BCUT2D eigenvalue weighted by molar-refractivity contribution is 0.0716. The largest absolute Gasteiger partial charge is 0.494 e. The van der Waals surface area contributed by atoms with Crippen molar-refractivity contribution < 1.29 is 38.0 Å². The Kier molecular flexibility index (Phi) is 9.45. The van der Waals surface area contributed by atoms with Gasteiger partial charge in [0.05, 0.1) is 49.8 Å². The van der Waals surface area contributed by atoms with Gasteiger partial charge in [-0.3, -0.25) is 0 Å². The number of hydrogen-bond acceptors (Lipinski definition) is 8. The van der Waals surface area contributed by atoms with Crippen molar-refractivity contribution >= 4 is 11.9 Å². The van der Waals surface area contributed by atoms with Crippen LogP contribution in [0.1, 0.15) is 68.7 Å². The van der Waals surface area contributed by atoms with Crippen molar-refractivity contribution in [2.24, 2.45) is 0 Å². The van der Waals surface area contributed by atoms with Gasteiger partial charge in [0.25, 0.3) is 0 Å². The number of hydrogen-bond donors (Lipinski definition) is 0. The van der Waals surface area contributed by atoms with Gasteiger partial charge in [0.1, 0.15) is 23.0 Å². The van der Waals surface area contributed by atoms with E-state index in [-0.39, 0.29) is 0 Å². The Bertz CT molecular complexity index is 1330. The van der Waals surface area contributed by atoms with E-state index >= 15 is 0 Å². The highest BCUT2D eigenvalue weighted by atomic mass is 16.6. The number of aryl methyl sites for hydroxylation is 2. The lowest BCUT2D eigenvalue weighted by atomic mass is 10.1. The second-order valence-corrected chi connectivity index (χ2v) is 10.9. The van der Waals surface area contributed by atoms with E-state index in [0.29, 0.717) is 59.2 Å². The molecule has 42 heavy (non-hydrogen) atoms. The summed E-state index contributed by atoms with van der Waals surface area (Å²) in [6, 6.07) is 14.0. The van der Waals surface area contributed by atoms with E-state index in [1.807, 2.05) is 39.8 Å². The summed E-state index contributed by atoms with van der Waals surface area (Å²) in [7, 11) is 0. The minimum absolute atomic E-state index is 0.394. The second-order valence-electron chi connectivity index (χ2n) is 10.9. The highest BCUT2D eigenvalue weighted by Gasteiger charge is 2.22. The lowest BCUT2D eigenvalue weighted by Crippen LogP contribution is -2.13. The van der Waals surface area contributed by atoms with Crippen LogP contribution in [0.3, 0.4) is 0 Å². The maximum Gasteiger partial charge on any atom is 0.343 e. The molecule has 2 atom stereocenters. The summed E-state index contributed by atoms with van der Waals surface area (Å²) in [5.41, 5.74) is 3.87. The van der Waals surface area contributed by atoms with Crippen LogP contribution in [-0.4, -0.2) is 50.6 Å². The monoisotopic (exact) mass is 574 g/mol. The number of carbonyl (C=O) groups is 2. The van der Waals surface area contributed by atoms with Crippen LogP contribution < -0.4 is 18.9 Å². The first-order valence-electron chi connectivity index (χ1n) is 14.5. The summed E-state index contributed by atoms with van der Waals surface area (Å²) in [4.78, 5) is 26.0. The van der Waals surface area contributed by atoms with Crippen molar-refractivity contribution in [3.8, 4) is 23.0 Å². The van der Waals surface area contributed by atoms with Gasteiger partial charge in [-0.15, -0.1) is 0 Å². The SMILES string of the molecule is Cc1cc(OCCCC2CO2)ccc1C(=O)Oc1ccc(OC(=O)c2ccc(OCCCC3CO3)cc2C)c(C)c1C. The standard InChI is InChI=1S/C34H38O8/c1-21-17-25(37-15-5-7-27-19-39-27)9-11-29(21)33(35)41-31-13-14-32(24(4)23(31)3)42-34(36)30-12-10-26(18-22(30)2)38-16-6-8-28-20-40-28/h9-14,17-18,27-28H,5-8,15-16,19-20H2,1-4H3. The quantitative estimate of drug-likeness (QED) is 0.0935. The molecule has 2 fully saturated rings. The van der Waals surface area contributed by atoms with Gasteiger partial charge in [-0.2, -0.15) is 0 Å². The third-order valence-corrected chi connectivity index (χ3v) is 7.61. The molecule has 222 valence electrons.